The maximum atomic E-state index is 10.7. The van der Waals surface area contributed by atoms with E-state index >= 15 is 0 Å². The lowest BCUT2D eigenvalue weighted by atomic mass is 9.82. The van der Waals surface area contributed by atoms with Crippen LogP contribution >= 0.6 is 0 Å². The van der Waals surface area contributed by atoms with E-state index in [-0.39, 0.29) is 0 Å². The van der Waals surface area contributed by atoms with Gasteiger partial charge in [-0.05, 0) is 31.3 Å². The van der Waals surface area contributed by atoms with Crippen molar-refractivity contribution in [1.82, 2.24) is 0 Å². The van der Waals surface area contributed by atoms with Gasteiger partial charge in [0.2, 0.25) is 0 Å². The first-order chi connectivity index (χ1) is 7.60. The monoisotopic (exact) mass is 226 g/mol. The standard InChI is InChI=1S/C15H30O/c1-5-8-11-14(4)15(16,12-9-6-2)13-10-7-3/h16H,4-13H2,1-3H3. The Labute approximate surface area is 102 Å². The highest BCUT2D eigenvalue weighted by Crippen LogP contribution is 2.31. The van der Waals surface area contributed by atoms with Crippen molar-refractivity contribution >= 4 is 0 Å². The van der Waals surface area contributed by atoms with Crippen molar-refractivity contribution in [2.75, 3.05) is 0 Å². The summed E-state index contributed by atoms with van der Waals surface area (Å²) in [7, 11) is 0. The number of hydrogen-bond donors (Lipinski definition) is 1. The number of hydrogen-bond acceptors (Lipinski definition) is 1. The van der Waals surface area contributed by atoms with Crippen LogP contribution in [0.2, 0.25) is 0 Å². The third-order valence-electron chi connectivity index (χ3n) is 3.38. The molecule has 0 radical (unpaired) electrons. The van der Waals surface area contributed by atoms with Gasteiger partial charge in [0.05, 0.1) is 5.60 Å². The van der Waals surface area contributed by atoms with Gasteiger partial charge < -0.3 is 5.11 Å². The van der Waals surface area contributed by atoms with Gasteiger partial charge in [-0.3, -0.25) is 0 Å². The van der Waals surface area contributed by atoms with E-state index in [1.807, 2.05) is 0 Å². The highest BCUT2D eigenvalue weighted by molar-refractivity contribution is 5.12. The van der Waals surface area contributed by atoms with E-state index in [0.717, 1.165) is 56.9 Å². The highest BCUT2D eigenvalue weighted by atomic mass is 16.3. The zero-order valence-electron chi connectivity index (χ0n) is 11.5. The lowest BCUT2D eigenvalue weighted by Gasteiger charge is -2.30. The number of aliphatic hydroxyl groups is 1. The molecule has 0 fully saturated rings. The highest BCUT2D eigenvalue weighted by Gasteiger charge is 2.28. The van der Waals surface area contributed by atoms with Gasteiger partial charge in [-0.15, -0.1) is 0 Å². The lowest BCUT2D eigenvalue weighted by molar-refractivity contribution is 0.0520. The van der Waals surface area contributed by atoms with Crippen LogP contribution in [0.3, 0.4) is 0 Å². The van der Waals surface area contributed by atoms with Gasteiger partial charge >= 0.3 is 0 Å². The average molecular weight is 226 g/mol. The van der Waals surface area contributed by atoms with Crippen molar-refractivity contribution in [3.8, 4) is 0 Å². The second-order valence-corrected chi connectivity index (χ2v) is 4.95. The van der Waals surface area contributed by atoms with Gasteiger partial charge in [-0.1, -0.05) is 59.5 Å². The van der Waals surface area contributed by atoms with Gasteiger partial charge in [0.25, 0.3) is 0 Å². The Bertz CT molecular complexity index is 176. The topological polar surface area (TPSA) is 20.2 Å². The molecule has 96 valence electrons. The van der Waals surface area contributed by atoms with E-state index in [1.54, 1.807) is 0 Å². The zero-order valence-corrected chi connectivity index (χ0v) is 11.5. The first kappa shape index (κ1) is 15.7. The summed E-state index contributed by atoms with van der Waals surface area (Å²) in [5.41, 5.74) is 0.484. The molecule has 0 aliphatic carbocycles. The van der Waals surface area contributed by atoms with E-state index in [0.29, 0.717) is 0 Å². The van der Waals surface area contributed by atoms with Crippen LogP contribution in [0.1, 0.15) is 78.6 Å². The lowest BCUT2D eigenvalue weighted by Crippen LogP contribution is -2.30. The Morgan fingerprint density at radius 2 is 1.38 bits per heavy atom. The van der Waals surface area contributed by atoms with E-state index in [2.05, 4.69) is 27.4 Å². The Kier molecular flexibility index (Phi) is 8.64. The van der Waals surface area contributed by atoms with Gasteiger partial charge in [0, 0.05) is 0 Å². The number of unbranched alkanes of at least 4 members (excludes halogenated alkanes) is 3. The molecule has 1 nitrogen and oxygen atoms in total. The van der Waals surface area contributed by atoms with Crippen LogP contribution in [-0.4, -0.2) is 10.7 Å². The second-order valence-electron chi connectivity index (χ2n) is 4.95. The molecule has 0 aromatic carbocycles. The van der Waals surface area contributed by atoms with Crippen molar-refractivity contribution in [2.45, 2.75) is 84.2 Å². The summed E-state index contributed by atoms with van der Waals surface area (Å²) in [4.78, 5) is 0. The molecule has 0 aromatic heterocycles. The molecule has 1 heteroatoms. The molecule has 0 heterocycles. The Morgan fingerprint density at radius 3 is 1.75 bits per heavy atom. The fraction of sp³-hybridized carbons (Fsp3) is 0.867. The van der Waals surface area contributed by atoms with Crippen molar-refractivity contribution in [3.63, 3.8) is 0 Å². The van der Waals surface area contributed by atoms with E-state index in [1.165, 1.54) is 6.42 Å². The predicted octanol–water partition coefficient (Wildman–Crippen LogP) is 4.84. The Morgan fingerprint density at radius 1 is 0.938 bits per heavy atom. The molecule has 0 spiro atoms. The van der Waals surface area contributed by atoms with Crippen LogP contribution in [0, 0.1) is 0 Å². The number of rotatable bonds is 10. The smallest absolute Gasteiger partial charge is 0.0854 e. The summed E-state index contributed by atoms with van der Waals surface area (Å²) in [6, 6.07) is 0. The molecule has 1 N–H and O–H groups in total. The molecule has 0 unspecified atom stereocenters. The van der Waals surface area contributed by atoms with Crippen molar-refractivity contribution in [3.05, 3.63) is 12.2 Å². The second kappa shape index (κ2) is 8.81. The fourth-order valence-electron chi connectivity index (χ4n) is 2.04. The third kappa shape index (κ3) is 5.69. The average Bonchev–Trinajstić information content (AvgIpc) is 2.30. The Balaban J connectivity index is 4.30. The van der Waals surface area contributed by atoms with Gasteiger partial charge in [0.1, 0.15) is 0 Å². The third-order valence-corrected chi connectivity index (χ3v) is 3.38. The van der Waals surface area contributed by atoms with Crippen LogP contribution < -0.4 is 0 Å². The molecule has 16 heavy (non-hydrogen) atoms. The summed E-state index contributed by atoms with van der Waals surface area (Å²) in [6.07, 6.45) is 9.61. The van der Waals surface area contributed by atoms with Crippen molar-refractivity contribution < 1.29 is 5.11 Å². The fourth-order valence-corrected chi connectivity index (χ4v) is 2.04. The quantitative estimate of drug-likeness (QED) is 0.528. The van der Waals surface area contributed by atoms with Crippen molar-refractivity contribution in [1.29, 1.82) is 0 Å². The summed E-state index contributed by atoms with van der Waals surface area (Å²) in [6.45, 7) is 10.7. The largest absolute Gasteiger partial charge is 0.386 e. The summed E-state index contributed by atoms with van der Waals surface area (Å²) >= 11 is 0. The summed E-state index contributed by atoms with van der Waals surface area (Å²) in [5, 5.41) is 10.7. The molecular formula is C15H30O. The first-order valence-corrected chi connectivity index (χ1v) is 7.01. The van der Waals surface area contributed by atoms with Crippen LogP contribution in [0.25, 0.3) is 0 Å². The van der Waals surface area contributed by atoms with Crippen LogP contribution in [0.5, 0.6) is 0 Å². The molecule has 0 rings (SSSR count). The normalized spacial score (nSPS) is 11.8. The van der Waals surface area contributed by atoms with E-state index < -0.39 is 5.60 Å². The van der Waals surface area contributed by atoms with Gasteiger partial charge in [-0.25, -0.2) is 0 Å². The molecular weight excluding hydrogens is 196 g/mol. The van der Waals surface area contributed by atoms with E-state index in [9.17, 15) is 5.11 Å². The zero-order chi connectivity index (χ0) is 12.4. The molecule has 0 aliphatic rings. The summed E-state index contributed by atoms with van der Waals surface area (Å²) < 4.78 is 0. The molecule has 0 atom stereocenters. The Hall–Kier alpha value is -0.300. The maximum absolute atomic E-state index is 10.7. The SMILES string of the molecule is C=C(CCCC)C(O)(CCCC)CCCC. The molecule has 0 bridgehead atoms. The first-order valence-electron chi connectivity index (χ1n) is 7.01. The minimum Gasteiger partial charge on any atom is -0.386 e. The molecule has 0 saturated carbocycles. The van der Waals surface area contributed by atoms with Gasteiger partial charge in [0.15, 0.2) is 0 Å². The van der Waals surface area contributed by atoms with Gasteiger partial charge in [-0.2, -0.15) is 0 Å². The molecule has 0 saturated heterocycles. The van der Waals surface area contributed by atoms with Crippen LogP contribution in [0.15, 0.2) is 12.2 Å². The van der Waals surface area contributed by atoms with E-state index in [4.69, 9.17) is 0 Å². The van der Waals surface area contributed by atoms with Crippen LogP contribution in [0.4, 0.5) is 0 Å². The van der Waals surface area contributed by atoms with Crippen LogP contribution in [-0.2, 0) is 0 Å². The van der Waals surface area contributed by atoms with Crippen molar-refractivity contribution in [2.24, 2.45) is 0 Å². The minimum absolute atomic E-state index is 0.582. The minimum atomic E-state index is -0.582. The maximum Gasteiger partial charge on any atom is 0.0854 e. The predicted molar refractivity (Wildman–Crippen MR) is 72.7 cm³/mol. The molecule has 0 aliphatic heterocycles. The summed E-state index contributed by atoms with van der Waals surface area (Å²) in [5.74, 6) is 0. The molecule has 0 aromatic rings. The molecule has 0 amide bonds.